The molecule has 0 aliphatic rings. The smallest absolute Gasteiger partial charge is 0.264 e. The van der Waals surface area contributed by atoms with E-state index in [1.807, 2.05) is 39.0 Å². The van der Waals surface area contributed by atoms with Gasteiger partial charge in [-0.25, -0.2) is 0 Å². The molecule has 0 unspecified atom stereocenters. The first-order valence-electron chi connectivity index (χ1n) is 5.87. The molecule has 2 aromatic rings. The van der Waals surface area contributed by atoms with E-state index >= 15 is 0 Å². The van der Waals surface area contributed by atoms with Crippen LogP contribution in [-0.4, -0.2) is 10.1 Å². The lowest BCUT2D eigenvalue weighted by Gasteiger charge is -2.11. The first-order valence-corrected chi connectivity index (χ1v) is 6.66. The third-order valence-corrected chi connectivity index (χ3v) is 3.43. The summed E-state index contributed by atoms with van der Waals surface area (Å²) in [6.07, 6.45) is 0. The van der Waals surface area contributed by atoms with Gasteiger partial charge in [0.1, 0.15) is 5.75 Å². The molecule has 5 nitrogen and oxygen atoms in total. The molecule has 1 aromatic carbocycles. The summed E-state index contributed by atoms with van der Waals surface area (Å²) >= 11 is 3.44. The van der Waals surface area contributed by atoms with E-state index in [-0.39, 0.29) is 6.61 Å². The summed E-state index contributed by atoms with van der Waals surface area (Å²) in [5.41, 5.74) is 6.37. The minimum atomic E-state index is -0.615. The van der Waals surface area contributed by atoms with E-state index in [1.165, 1.54) is 0 Å². The first-order chi connectivity index (χ1) is 8.86. The number of hydrogen-bond acceptors (Lipinski definition) is 5. The summed E-state index contributed by atoms with van der Waals surface area (Å²) in [6, 6.07) is 5.75. The molecule has 0 bridgehead atoms. The van der Waals surface area contributed by atoms with Crippen molar-refractivity contribution in [3.05, 3.63) is 40.0 Å². The second-order valence-electron chi connectivity index (χ2n) is 4.93. The van der Waals surface area contributed by atoms with Gasteiger partial charge in [0.25, 0.3) is 5.89 Å². The number of nitrogens with zero attached hydrogens (tertiary/aromatic N) is 2. The molecule has 1 heterocycles. The highest BCUT2D eigenvalue weighted by molar-refractivity contribution is 9.10. The molecule has 0 aliphatic heterocycles. The van der Waals surface area contributed by atoms with Crippen molar-refractivity contribution in [3.63, 3.8) is 0 Å². The molecule has 0 aliphatic carbocycles. The number of aromatic nitrogens is 2. The predicted molar refractivity (Wildman–Crippen MR) is 74.7 cm³/mol. The van der Waals surface area contributed by atoms with E-state index < -0.39 is 5.54 Å². The average Bonchev–Trinajstić information content (AvgIpc) is 2.79. The Bertz CT molecular complexity index is 576. The van der Waals surface area contributed by atoms with Crippen LogP contribution in [0.5, 0.6) is 5.75 Å². The highest BCUT2D eigenvalue weighted by Gasteiger charge is 2.21. The fraction of sp³-hybridized carbons (Fsp3) is 0.385. The number of rotatable bonds is 4. The fourth-order valence-corrected chi connectivity index (χ4v) is 1.67. The molecule has 0 atom stereocenters. The summed E-state index contributed by atoms with van der Waals surface area (Å²) in [5, 5.41) is 3.83. The Morgan fingerprint density at radius 2 is 2.16 bits per heavy atom. The molecule has 0 saturated heterocycles. The number of aryl methyl sites for hydroxylation is 1. The SMILES string of the molecule is Cc1cc(OCc2nc(C(C)(C)N)no2)ccc1Br. The second kappa shape index (κ2) is 5.30. The van der Waals surface area contributed by atoms with Crippen molar-refractivity contribution in [2.45, 2.75) is 32.9 Å². The molecule has 0 amide bonds. The van der Waals surface area contributed by atoms with Gasteiger partial charge in [-0.2, -0.15) is 4.98 Å². The van der Waals surface area contributed by atoms with Gasteiger partial charge < -0.3 is 15.0 Å². The summed E-state index contributed by atoms with van der Waals surface area (Å²) in [6.45, 7) is 5.87. The lowest BCUT2D eigenvalue weighted by Crippen LogP contribution is -2.30. The summed E-state index contributed by atoms with van der Waals surface area (Å²) in [4.78, 5) is 4.20. The van der Waals surface area contributed by atoms with Gasteiger partial charge in [0.15, 0.2) is 12.4 Å². The Hall–Kier alpha value is -1.40. The van der Waals surface area contributed by atoms with E-state index in [2.05, 4.69) is 26.1 Å². The zero-order valence-corrected chi connectivity index (χ0v) is 12.7. The molecule has 2 rings (SSSR count). The summed E-state index contributed by atoms with van der Waals surface area (Å²) < 4.78 is 11.7. The molecule has 6 heteroatoms. The Morgan fingerprint density at radius 3 is 2.74 bits per heavy atom. The van der Waals surface area contributed by atoms with Gasteiger partial charge in [-0.05, 0) is 44.5 Å². The molecule has 0 saturated carbocycles. The Balaban J connectivity index is 2.02. The third-order valence-electron chi connectivity index (χ3n) is 2.54. The highest BCUT2D eigenvalue weighted by atomic mass is 79.9. The van der Waals surface area contributed by atoms with Crippen LogP contribution in [0.1, 0.15) is 31.1 Å². The fourth-order valence-electron chi connectivity index (χ4n) is 1.43. The number of benzene rings is 1. The molecule has 102 valence electrons. The zero-order chi connectivity index (χ0) is 14.0. The van der Waals surface area contributed by atoms with Gasteiger partial charge >= 0.3 is 0 Å². The standard InChI is InChI=1S/C13H16BrN3O2/c1-8-6-9(4-5-10(8)14)18-7-11-16-12(17-19-11)13(2,3)15/h4-6H,7,15H2,1-3H3. The predicted octanol–water partition coefficient (Wildman–Crippen LogP) is 2.91. The molecule has 2 N–H and O–H groups in total. The van der Waals surface area contributed by atoms with Crippen LogP contribution < -0.4 is 10.5 Å². The number of nitrogens with two attached hydrogens (primary N) is 1. The number of ether oxygens (including phenoxy) is 1. The molecular formula is C13H16BrN3O2. The molecule has 1 aromatic heterocycles. The first kappa shape index (κ1) is 14.0. The van der Waals surface area contributed by atoms with Crippen LogP contribution in [0, 0.1) is 6.92 Å². The quantitative estimate of drug-likeness (QED) is 0.935. The van der Waals surface area contributed by atoms with Crippen LogP contribution in [0.3, 0.4) is 0 Å². The minimum Gasteiger partial charge on any atom is -0.484 e. The monoisotopic (exact) mass is 325 g/mol. The van der Waals surface area contributed by atoms with Crippen molar-refractivity contribution in [2.75, 3.05) is 0 Å². The van der Waals surface area contributed by atoms with Gasteiger partial charge in [-0.15, -0.1) is 0 Å². The minimum absolute atomic E-state index is 0.226. The maximum absolute atomic E-state index is 5.88. The summed E-state index contributed by atoms with van der Waals surface area (Å²) in [7, 11) is 0. The van der Waals surface area contributed by atoms with Gasteiger partial charge in [-0.1, -0.05) is 21.1 Å². The molecule has 0 spiro atoms. The van der Waals surface area contributed by atoms with E-state index in [9.17, 15) is 0 Å². The van der Waals surface area contributed by atoms with Crippen molar-refractivity contribution < 1.29 is 9.26 Å². The van der Waals surface area contributed by atoms with Crippen LogP contribution in [0.4, 0.5) is 0 Å². The normalized spacial score (nSPS) is 11.6. The largest absolute Gasteiger partial charge is 0.484 e. The van der Waals surface area contributed by atoms with E-state index in [0.717, 1.165) is 15.8 Å². The van der Waals surface area contributed by atoms with Crippen molar-refractivity contribution in [1.29, 1.82) is 0 Å². The maximum Gasteiger partial charge on any atom is 0.264 e. The zero-order valence-electron chi connectivity index (χ0n) is 11.1. The second-order valence-corrected chi connectivity index (χ2v) is 5.79. The van der Waals surface area contributed by atoms with Gasteiger partial charge in [0.2, 0.25) is 0 Å². The van der Waals surface area contributed by atoms with E-state index in [1.54, 1.807) is 0 Å². The van der Waals surface area contributed by atoms with Crippen LogP contribution in [0.25, 0.3) is 0 Å². The van der Waals surface area contributed by atoms with Gasteiger partial charge in [0.05, 0.1) is 5.54 Å². The van der Waals surface area contributed by atoms with Gasteiger partial charge in [0, 0.05) is 4.47 Å². The Kier molecular flexibility index (Phi) is 3.91. The van der Waals surface area contributed by atoms with E-state index in [4.69, 9.17) is 15.0 Å². The Labute approximate surface area is 120 Å². The van der Waals surface area contributed by atoms with Crippen molar-refractivity contribution in [3.8, 4) is 5.75 Å². The lowest BCUT2D eigenvalue weighted by atomic mass is 10.1. The van der Waals surface area contributed by atoms with Gasteiger partial charge in [-0.3, -0.25) is 0 Å². The van der Waals surface area contributed by atoms with Crippen molar-refractivity contribution in [1.82, 2.24) is 10.1 Å². The number of halogens is 1. The third kappa shape index (κ3) is 3.54. The van der Waals surface area contributed by atoms with Crippen LogP contribution in [0.2, 0.25) is 0 Å². The van der Waals surface area contributed by atoms with E-state index in [0.29, 0.717) is 11.7 Å². The van der Waals surface area contributed by atoms with Crippen molar-refractivity contribution >= 4 is 15.9 Å². The number of hydrogen-bond donors (Lipinski definition) is 1. The van der Waals surface area contributed by atoms with Crippen LogP contribution in [0.15, 0.2) is 27.2 Å². The highest BCUT2D eigenvalue weighted by Crippen LogP contribution is 2.22. The maximum atomic E-state index is 5.88. The molecule has 0 fully saturated rings. The molecule has 19 heavy (non-hydrogen) atoms. The lowest BCUT2D eigenvalue weighted by molar-refractivity contribution is 0.241. The molecule has 0 radical (unpaired) electrons. The molecular weight excluding hydrogens is 310 g/mol. The Morgan fingerprint density at radius 1 is 1.42 bits per heavy atom. The van der Waals surface area contributed by atoms with Crippen LogP contribution in [-0.2, 0) is 12.1 Å². The summed E-state index contributed by atoms with van der Waals surface area (Å²) in [5.74, 6) is 1.64. The topological polar surface area (TPSA) is 74.2 Å². The van der Waals surface area contributed by atoms with Crippen molar-refractivity contribution in [2.24, 2.45) is 5.73 Å². The van der Waals surface area contributed by atoms with Crippen LogP contribution >= 0.6 is 15.9 Å². The average molecular weight is 326 g/mol.